The summed E-state index contributed by atoms with van der Waals surface area (Å²) in [5, 5.41) is 0. The molecular formula is C12H19IO. The summed E-state index contributed by atoms with van der Waals surface area (Å²) < 4.78 is 6.46. The fraction of sp³-hybridized carbons (Fsp3) is 0.833. The van der Waals surface area contributed by atoms with Gasteiger partial charge in [-0.3, -0.25) is 0 Å². The number of halogens is 1. The summed E-state index contributed by atoms with van der Waals surface area (Å²) in [4.78, 5) is 0. The summed E-state index contributed by atoms with van der Waals surface area (Å²) in [7, 11) is 0. The van der Waals surface area contributed by atoms with Gasteiger partial charge in [-0.15, -0.1) is 0 Å². The van der Waals surface area contributed by atoms with Crippen molar-refractivity contribution in [3.05, 3.63) is 11.6 Å². The summed E-state index contributed by atoms with van der Waals surface area (Å²) in [6.07, 6.45) is 9.54. The second-order valence-electron chi connectivity index (χ2n) is 4.53. The zero-order valence-electron chi connectivity index (χ0n) is 8.84. The highest BCUT2D eigenvalue weighted by molar-refractivity contribution is 14.1. The predicted molar refractivity (Wildman–Crippen MR) is 67.9 cm³/mol. The lowest BCUT2D eigenvalue weighted by molar-refractivity contribution is 0.101. The van der Waals surface area contributed by atoms with Crippen molar-refractivity contribution in [1.82, 2.24) is 0 Å². The van der Waals surface area contributed by atoms with Gasteiger partial charge < -0.3 is 4.74 Å². The van der Waals surface area contributed by atoms with Crippen LogP contribution in [0.25, 0.3) is 0 Å². The van der Waals surface area contributed by atoms with E-state index in [1.807, 2.05) is 0 Å². The number of hydrogen-bond donors (Lipinski definition) is 0. The number of hydrogen-bond acceptors (Lipinski definition) is 1. The van der Waals surface area contributed by atoms with E-state index >= 15 is 0 Å². The van der Waals surface area contributed by atoms with Gasteiger partial charge in [0.05, 0.1) is 10.0 Å². The zero-order valence-corrected chi connectivity index (χ0v) is 11.0. The summed E-state index contributed by atoms with van der Waals surface area (Å²) in [5.41, 5.74) is 1.65. The number of alkyl halides is 1. The van der Waals surface area contributed by atoms with Crippen LogP contribution in [0.1, 0.15) is 39.0 Å². The molecule has 3 atom stereocenters. The van der Waals surface area contributed by atoms with Crippen molar-refractivity contribution in [3.8, 4) is 0 Å². The Balaban J connectivity index is 1.99. The van der Waals surface area contributed by atoms with Gasteiger partial charge in [-0.25, -0.2) is 0 Å². The standard InChI is InChI=1S/C12H19IO/c1-9-7-8-14-12(9)11(13)10-5-3-2-4-6-10/h5,9,11-12H,2-4,6-8H2,1H3. The Kier molecular flexibility index (Phi) is 3.88. The van der Waals surface area contributed by atoms with Gasteiger partial charge >= 0.3 is 0 Å². The SMILES string of the molecule is CC1CCOC1C(I)C1=CCCCC1. The molecule has 0 aromatic carbocycles. The van der Waals surface area contributed by atoms with Crippen LogP contribution in [0.3, 0.4) is 0 Å². The molecule has 0 N–H and O–H groups in total. The zero-order chi connectivity index (χ0) is 9.97. The molecule has 1 saturated heterocycles. The van der Waals surface area contributed by atoms with E-state index in [1.54, 1.807) is 5.57 Å². The van der Waals surface area contributed by atoms with Crippen molar-refractivity contribution in [1.29, 1.82) is 0 Å². The highest BCUT2D eigenvalue weighted by Crippen LogP contribution is 2.34. The highest BCUT2D eigenvalue weighted by Gasteiger charge is 2.32. The molecule has 0 aromatic heterocycles. The maximum atomic E-state index is 5.83. The number of rotatable bonds is 2. The topological polar surface area (TPSA) is 9.23 Å². The third-order valence-corrected chi connectivity index (χ3v) is 4.92. The van der Waals surface area contributed by atoms with Gasteiger partial charge in [-0.05, 0) is 38.0 Å². The van der Waals surface area contributed by atoms with Crippen molar-refractivity contribution >= 4 is 22.6 Å². The molecule has 3 unspecified atom stereocenters. The monoisotopic (exact) mass is 306 g/mol. The van der Waals surface area contributed by atoms with Crippen LogP contribution < -0.4 is 0 Å². The Morgan fingerprint density at radius 2 is 2.36 bits per heavy atom. The van der Waals surface area contributed by atoms with Gasteiger partial charge in [0.25, 0.3) is 0 Å². The first-order chi connectivity index (χ1) is 6.79. The van der Waals surface area contributed by atoms with Crippen LogP contribution in [0.4, 0.5) is 0 Å². The van der Waals surface area contributed by atoms with Crippen LogP contribution in [0, 0.1) is 5.92 Å². The first-order valence-corrected chi connectivity index (χ1v) is 6.98. The maximum absolute atomic E-state index is 5.83. The van der Waals surface area contributed by atoms with Crippen LogP contribution in [0.5, 0.6) is 0 Å². The van der Waals surface area contributed by atoms with E-state index in [9.17, 15) is 0 Å². The lowest BCUT2D eigenvalue weighted by Crippen LogP contribution is -2.27. The summed E-state index contributed by atoms with van der Waals surface area (Å²) in [6.45, 7) is 3.30. The number of allylic oxidation sites excluding steroid dienone is 1. The minimum absolute atomic E-state index is 0.486. The van der Waals surface area contributed by atoms with Crippen molar-refractivity contribution in [2.45, 2.75) is 49.1 Å². The second-order valence-corrected chi connectivity index (χ2v) is 5.87. The first kappa shape index (κ1) is 10.9. The van der Waals surface area contributed by atoms with Crippen molar-refractivity contribution in [2.75, 3.05) is 6.61 Å². The molecule has 14 heavy (non-hydrogen) atoms. The van der Waals surface area contributed by atoms with Crippen LogP contribution in [-0.2, 0) is 4.74 Å². The third kappa shape index (κ3) is 2.32. The van der Waals surface area contributed by atoms with Crippen molar-refractivity contribution in [2.24, 2.45) is 5.92 Å². The summed E-state index contributed by atoms with van der Waals surface area (Å²) in [5.74, 6) is 0.750. The molecule has 1 heterocycles. The predicted octanol–water partition coefficient (Wildman–Crippen LogP) is 3.72. The molecule has 0 spiro atoms. The average molecular weight is 306 g/mol. The molecule has 0 aromatic rings. The van der Waals surface area contributed by atoms with E-state index in [0.717, 1.165) is 12.5 Å². The number of ether oxygens (including phenoxy) is 1. The van der Waals surface area contributed by atoms with Gasteiger partial charge in [-0.2, -0.15) is 0 Å². The molecule has 2 heteroatoms. The smallest absolute Gasteiger partial charge is 0.0756 e. The molecule has 1 aliphatic carbocycles. The minimum Gasteiger partial charge on any atom is -0.376 e. The fourth-order valence-electron chi connectivity index (χ4n) is 2.42. The van der Waals surface area contributed by atoms with Gasteiger partial charge in [-0.1, -0.05) is 41.2 Å². The van der Waals surface area contributed by atoms with Crippen LogP contribution in [-0.4, -0.2) is 16.6 Å². The lowest BCUT2D eigenvalue weighted by Gasteiger charge is -2.25. The minimum atomic E-state index is 0.486. The summed E-state index contributed by atoms with van der Waals surface area (Å²) in [6, 6.07) is 0. The fourth-order valence-corrected chi connectivity index (χ4v) is 3.90. The van der Waals surface area contributed by atoms with Crippen LogP contribution >= 0.6 is 22.6 Å². The normalized spacial score (nSPS) is 35.4. The maximum Gasteiger partial charge on any atom is 0.0756 e. The average Bonchev–Trinajstić information content (AvgIpc) is 2.65. The largest absolute Gasteiger partial charge is 0.376 e. The Hall–Kier alpha value is 0.430. The van der Waals surface area contributed by atoms with Gasteiger partial charge in [0.1, 0.15) is 0 Å². The Labute approximate surface area is 100 Å². The quantitative estimate of drug-likeness (QED) is 0.429. The van der Waals surface area contributed by atoms with E-state index in [1.165, 1.54) is 32.1 Å². The molecule has 1 fully saturated rings. The molecule has 0 saturated carbocycles. The van der Waals surface area contributed by atoms with E-state index in [4.69, 9.17) is 4.74 Å². The van der Waals surface area contributed by atoms with E-state index in [2.05, 4.69) is 35.6 Å². The molecule has 0 radical (unpaired) electrons. The molecule has 0 amide bonds. The van der Waals surface area contributed by atoms with Gasteiger partial charge in [0, 0.05) is 6.61 Å². The van der Waals surface area contributed by atoms with Crippen LogP contribution in [0.15, 0.2) is 11.6 Å². The third-order valence-electron chi connectivity index (χ3n) is 3.41. The molecule has 80 valence electrons. The Bertz CT molecular complexity index is 224. The molecule has 2 aliphatic rings. The van der Waals surface area contributed by atoms with Crippen molar-refractivity contribution in [3.63, 3.8) is 0 Å². The lowest BCUT2D eigenvalue weighted by atomic mass is 9.91. The van der Waals surface area contributed by atoms with Crippen LogP contribution in [0.2, 0.25) is 0 Å². The molecule has 2 rings (SSSR count). The summed E-state index contributed by atoms with van der Waals surface area (Å²) >= 11 is 2.58. The van der Waals surface area contributed by atoms with Gasteiger partial charge in [0.15, 0.2) is 0 Å². The Morgan fingerprint density at radius 1 is 1.50 bits per heavy atom. The molecular weight excluding hydrogens is 287 g/mol. The second kappa shape index (κ2) is 4.97. The molecule has 0 bridgehead atoms. The van der Waals surface area contributed by atoms with E-state index in [-0.39, 0.29) is 0 Å². The van der Waals surface area contributed by atoms with E-state index < -0.39 is 0 Å². The highest BCUT2D eigenvalue weighted by atomic mass is 127. The van der Waals surface area contributed by atoms with Crippen molar-refractivity contribution < 1.29 is 4.74 Å². The van der Waals surface area contributed by atoms with E-state index in [0.29, 0.717) is 10.0 Å². The molecule has 1 aliphatic heterocycles. The Morgan fingerprint density at radius 3 is 2.93 bits per heavy atom. The van der Waals surface area contributed by atoms with Gasteiger partial charge in [0.2, 0.25) is 0 Å². The first-order valence-electron chi connectivity index (χ1n) is 5.73. The molecule has 1 nitrogen and oxygen atoms in total.